The Labute approximate surface area is 94.5 Å². The summed E-state index contributed by atoms with van der Waals surface area (Å²) < 4.78 is 0. The number of hydrogen-bond donors (Lipinski definition) is 3. The predicted molar refractivity (Wildman–Crippen MR) is 62.8 cm³/mol. The van der Waals surface area contributed by atoms with Gasteiger partial charge in [-0.05, 0) is 45.3 Å². The molecular weight excluding hydrogens is 242 g/mol. The molecule has 0 bridgehead atoms. The van der Waals surface area contributed by atoms with Crippen LogP contribution in [0.15, 0.2) is 0 Å². The smallest absolute Gasteiger partial charge is 0.0645 e. The normalized spacial score (nSPS) is 35.8. The van der Waals surface area contributed by atoms with Crippen LogP contribution in [0.4, 0.5) is 0 Å². The Morgan fingerprint density at radius 1 is 1.00 bits per heavy atom. The van der Waals surface area contributed by atoms with Gasteiger partial charge in [0.05, 0.1) is 4.95 Å². The number of alkyl halides is 1. The number of hydrogen-bond acceptors (Lipinski definition) is 3. The molecule has 2 rings (SSSR count). The molecule has 0 saturated carbocycles. The molecule has 0 aromatic carbocycles. The number of nitrogens with one attached hydrogen (secondary N) is 3. The highest BCUT2D eigenvalue weighted by atomic mass is 79.9. The molecule has 0 aliphatic carbocycles. The van der Waals surface area contributed by atoms with Crippen LogP contribution in [0, 0.1) is 0 Å². The highest BCUT2D eigenvalue weighted by Gasteiger charge is 2.22. The van der Waals surface area contributed by atoms with Crippen LogP contribution in [0.3, 0.4) is 0 Å². The molecule has 14 heavy (non-hydrogen) atoms. The van der Waals surface area contributed by atoms with Crippen LogP contribution in [0.1, 0.15) is 25.7 Å². The van der Waals surface area contributed by atoms with E-state index in [1.807, 2.05) is 0 Å². The molecule has 0 amide bonds. The first-order valence-corrected chi connectivity index (χ1v) is 6.60. The lowest BCUT2D eigenvalue weighted by molar-refractivity contribution is 0.300. The molecular formula is C10H20BrN3. The third-order valence-corrected chi connectivity index (χ3v) is 3.86. The first-order valence-electron chi connectivity index (χ1n) is 5.69. The first kappa shape index (κ1) is 10.9. The molecule has 2 unspecified atom stereocenters. The standard InChI is InChI=1S/C10H20BrN3/c11-10-7-9(3-6-13-10)14-8-1-4-12-5-2-8/h8-10,12-14H,1-7H2. The summed E-state index contributed by atoms with van der Waals surface area (Å²) in [5, 5.41) is 10.6. The van der Waals surface area contributed by atoms with Gasteiger partial charge in [0.25, 0.3) is 0 Å². The molecule has 3 N–H and O–H groups in total. The van der Waals surface area contributed by atoms with Crippen molar-refractivity contribution in [3.05, 3.63) is 0 Å². The number of rotatable bonds is 2. The van der Waals surface area contributed by atoms with Crippen molar-refractivity contribution in [2.24, 2.45) is 0 Å². The zero-order valence-electron chi connectivity index (χ0n) is 8.56. The molecule has 4 heteroatoms. The van der Waals surface area contributed by atoms with Gasteiger partial charge in [-0.1, -0.05) is 15.9 Å². The van der Waals surface area contributed by atoms with Crippen LogP contribution in [0.25, 0.3) is 0 Å². The molecule has 2 atom stereocenters. The average molecular weight is 262 g/mol. The van der Waals surface area contributed by atoms with E-state index in [0.717, 1.165) is 12.6 Å². The van der Waals surface area contributed by atoms with Gasteiger partial charge in [0.2, 0.25) is 0 Å². The van der Waals surface area contributed by atoms with Crippen LogP contribution in [-0.2, 0) is 0 Å². The van der Waals surface area contributed by atoms with Crippen LogP contribution in [0.2, 0.25) is 0 Å². The number of piperidine rings is 2. The van der Waals surface area contributed by atoms with Gasteiger partial charge in [-0.25, -0.2) is 0 Å². The lowest BCUT2D eigenvalue weighted by Gasteiger charge is -2.33. The third-order valence-electron chi connectivity index (χ3n) is 3.16. The monoisotopic (exact) mass is 261 g/mol. The van der Waals surface area contributed by atoms with Gasteiger partial charge in [0.15, 0.2) is 0 Å². The Bertz CT molecular complexity index is 171. The molecule has 2 fully saturated rings. The molecule has 2 saturated heterocycles. The average Bonchev–Trinajstić information content (AvgIpc) is 2.19. The van der Waals surface area contributed by atoms with Crippen molar-refractivity contribution in [1.29, 1.82) is 0 Å². The van der Waals surface area contributed by atoms with Crippen molar-refractivity contribution in [1.82, 2.24) is 16.0 Å². The fourth-order valence-corrected chi connectivity index (χ4v) is 3.02. The highest BCUT2D eigenvalue weighted by molar-refractivity contribution is 9.09. The fraction of sp³-hybridized carbons (Fsp3) is 1.00. The van der Waals surface area contributed by atoms with Crippen molar-refractivity contribution in [2.75, 3.05) is 19.6 Å². The second kappa shape index (κ2) is 5.45. The van der Waals surface area contributed by atoms with Gasteiger partial charge in [-0.3, -0.25) is 0 Å². The van der Waals surface area contributed by atoms with E-state index in [-0.39, 0.29) is 0 Å². The largest absolute Gasteiger partial charge is 0.317 e. The topological polar surface area (TPSA) is 36.1 Å². The Balaban J connectivity index is 1.72. The highest BCUT2D eigenvalue weighted by Crippen LogP contribution is 2.15. The van der Waals surface area contributed by atoms with E-state index >= 15 is 0 Å². The Hall–Kier alpha value is 0.360. The number of halogens is 1. The van der Waals surface area contributed by atoms with E-state index in [4.69, 9.17) is 0 Å². The minimum absolute atomic E-state index is 0.510. The molecule has 0 radical (unpaired) electrons. The van der Waals surface area contributed by atoms with Gasteiger partial charge < -0.3 is 16.0 Å². The van der Waals surface area contributed by atoms with Crippen LogP contribution >= 0.6 is 15.9 Å². The lowest BCUT2D eigenvalue weighted by atomic mass is 10.0. The van der Waals surface area contributed by atoms with E-state index in [2.05, 4.69) is 31.9 Å². The Kier molecular flexibility index (Phi) is 4.23. The minimum atomic E-state index is 0.510. The van der Waals surface area contributed by atoms with Gasteiger partial charge in [0, 0.05) is 12.1 Å². The van der Waals surface area contributed by atoms with Crippen molar-refractivity contribution in [2.45, 2.75) is 42.7 Å². The molecule has 2 heterocycles. The van der Waals surface area contributed by atoms with Crippen LogP contribution in [0.5, 0.6) is 0 Å². The van der Waals surface area contributed by atoms with Gasteiger partial charge in [-0.15, -0.1) is 0 Å². The van der Waals surface area contributed by atoms with Crippen molar-refractivity contribution < 1.29 is 0 Å². The molecule has 0 aromatic rings. The van der Waals surface area contributed by atoms with Crippen LogP contribution in [-0.4, -0.2) is 36.7 Å². The maximum Gasteiger partial charge on any atom is 0.0645 e. The Morgan fingerprint density at radius 3 is 2.43 bits per heavy atom. The lowest BCUT2D eigenvalue weighted by Crippen LogP contribution is -2.49. The van der Waals surface area contributed by atoms with Crippen LogP contribution < -0.4 is 16.0 Å². The summed E-state index contributed by atoms with van der Waals surface area (Å²) in [5.41, 5.74) is 0. The van der Waals surface area contributed by atoms with Gasteiger partial charge >= 0.3 is 0 Å². The van der Waals surface area contributed by atoms with Gasteiger partial charge in [0.1, 0.15) is 0 Å². The summed E-state index contributed by atoms with van der Waals surface area (Å²) >= 11 is 3.63. The molecule has 0 aromatic heterocycles. The van der Waals surface area contributed by atoms with Crippen molar-refractivity contribution in [3.8, 4) is 0 Å². The fourth-order valence-electron chi connectivity index (χ4n) is 2.34. The SMILES string of the molecule is BrC1CC(NC2CCNCC2)CCN1. The summed E-state index contributed by atoms with van der Waals surface area (Å²) in [4.78, 5) is 0.510. The van der Waals surface area contributed by atoms with Gasteiger partial charge in [-0.2, -0.15) is 0 Å². The summed E-state index contributed by atoms with van der Waals surface area (Å²) in [6.07, 6.45) is 5.06. The van der Waals surface area contributed by atoms with E-state index in [0.29, 0.717) is 11.0 Å². The second-order valence-corrected chi connectivity index (χ2v) is 5.44. The van der Waals surface area contributed by atoms with E-state index < -0.39 is 0 Å². The first-order chi connectivity index (χ1) is 6.84. The second-order valence-electron chi connectivity index (χ2n) is 4.33. The Morgan fingerprint density at radius 2 is 1.71 bits per heavy atom. The van der Waals surface area contributed by atoms with Crippen molar-refractivity contribution in [3.63, 3.8) is 0 Å². The molecule has 2 aliphatic heterocycles. The van der Waals surface area contributed by atoms with E-state index in [9.17, 15) is 0 Å². The zero-order valence-corrected chi connectivity index (χ0v) is 10.1. The molecule has 82 valence electrons. The van der Waals surface area contributed by atoms with Crippen molar-refractivity contribution >= 4 is 15.9 Å². The molecule has 2 aliphatic rings. The summed E-state index contributed by atoms with van der Waals surface area (Å²) in [6.45, 7) is 3.50. The summed E-state index contributed by atoms with van der Waals surface area (Å²) in [7, 11) is 0. The van der Waals surface area contributed by atoms with E-state index in [1.54, 1.807) is 0 Å². The summed E-state index contributed by atoms with van der Waals surface area (Å²) in [5.74, 6) is 0. The van der Waals surface area contributed by atoms with E-state index in [1.165, 1.54) is 38.8 Å². The summed E-state index contributed by atoms with van der Waals surface area (Å²) in [6, 6.07) is 1.46. The minimum Gasteiger partial charge on any atom is -0.317 e. The zero-order chi connectivity index (χ0) is 9.80. The molecule has 0 spiro atoms. The maximum absolute atomic E-state index is 3.78. The quantitative estimate of drug-likeness (QED) is 0.509. The third kappa shape index (κ3) is 3.19. The molecule has 3 nitrogen and oxygen atoms in total. The maximum atomic E-state index is 3.78. The predicted octanol–water partition coefficient (Wildman–Crippen LogP) is 0.801.